The average molecular weight is 415 g/mol. The maximum atomic E-state index is 13.1. The third kappa shape index (κ3) is 3.82. The summed E-state index contributed by atoms with van der Waals surface area (Å²) < 4.78 is 18.5. The minimum absolute atomic E-state index is 0.0206. The highest BCUT2D eigenvalue weighted by Crippen LogP contribution is 2.39. The summed E-state index contributed by atoms with van der Waals surface area (Å²) >= 11 is 0. The van der Waals surface area contributed by atoms with Gasteiger partial charge in [-0.05, 0) is 37.8 Å². The molecule has 162 valence electrons. The molecule has 1 aromatic carbocycles. The second-order valence-corrected chi connectivity index (χ2v) is 7.92. The monoisotopic (exact) mass is 414 g/mol. The standard InChI is InChI=1S/C22H30N4O4/c1-28-17-13-16(14-18(29-2)20(17)30-3)22(27)25-11-8-15(9-12-25)21-24-23-19-7-5-4-6-10-26(19)21/h13-15H,4-12H2,1-3H3. The first kappa shape index (κ1) is 20.5. The van der Waals surface area contributed by atoms with Crippen molar-refractivity contribution in [2.45, 2.75) is 51.0 Å². The largest absolute Gasteiger partial charge is 0.493 e. The summed E-state index contributed by atoms with van der Waals surface area (Å²) in [6, 6.07) is 3.43. The molecular formula is C22H30N4O4. The highest BCUT2D eigenvalue weighted by Gasteiger charge is 2.29. The van der Waals surface area contributed by atoms with E-state index in [1.807, 2.05) is 4.90 Å². The quantitative estimate of drug-likeness (QED) is 0.748. The molecule has 3 heterocycles. The molecular weight excluding hydrogens is 384 g/mol. The highest BCUT2D eigenvalue weighted by molar-refractivity contribution is 5.95. The maximum absolute atomic E-state index is 13.1. The van der Waals surface area contributed by atoms with E-state index < -0.39 is 0 Å². The van der Waals surface area contributed by atoms with Gasteiger partial charge < -0.3 is 23.7 Å². The summed E-state index contributed by atoms with van der Waals surface area (Å²) in [5.74, 6) is 4.02. The predicted molar refractivity (Wildman–Crippen MR) is 112 cm³/mol. The van der Waals surface area contributed by atoms with Crippen molar-refractivity contribution in [3.8, 4) is 17.2 Å². The molecule has 0 radical (unpaired) electrons. The molecule has 0 saturated carbocycles. The van der Waals surface area contributed by atoms with E-state index in [-0.39, 0.29) is 5.91 Å². The second-order valence-electron chi connectivity index (χ2n) is 7.92. The Balaban J connectivity index is 1.47. The van der Waals surface area contributed by atoms with E-state index in [0.717, 1.165) is 37.5 Å². The van der Waals surface area contributed by atoms with Crippen LogP contribution >= 0.6 is 0 Å². The van der Waals surface area contributed by atoms with Crippen molar-refractivity contribution < 1.29 is 19.0 Å². The number of aryl methyl sites for hydroxylation is 1. The van der Waals surface area contributed by atoms with Crippen LogP contribution in [0.5, 0.6) is 17.2 Å². The van der Waals surface area contributed by atoms with E-state index in [1.165, 1.54) is 19.3 Å². The summed E-state index contributed by atoms with van der Waals surface area (Å²) in [5.41, 5.74) is 0.541. The van der Waals surface area contributed by atoms with Crippen LogP contribution in [0.1, 0.15) is 60.0 Å². The van der Waals surface area contributed by atoms with Crippen LogP contribution in [0.25, 0.3) is 0 Å². The lowest BCUT2D eigenvalue weighted by atomic mass is 9.95. The lowest BCUT2D eigenvalue weighted by molar-refractivity contribution is 0.0709. The van der Waals surface area contributed by atoms with Gasteiger partial charge in [-0.1, -0.05) is 6.42 Å². The zero-order chi connectivity index (χ0) is 21.1. The van der Waals surface area contributed by atoms with Gasteiger partial charge in [-0.25, -0.2) is 0 Å². The van der Waals surface area contributed by atoms with Crippen molar-refractivity contribution in [3.63, 3.8) is 0 Å². The van der Waals surface area contributed by atoms with Gasteiger partial charge in [0.05, 0.1) is 21.3 Å². The Bertz CT molecular complexity index is 878. The van der Waals surface area contributed by atoms with Crippen molar-refractivity contribution in [2.75, 3.05) is 34.4 Å². The molecule has 1 amide bonds. The van der Waals surface area contributed by atoms with E-state index in [1.54, 1.807) is 33.5 Å². The first-order valence-electron chi connectivity index (χ1n) is 10.7. The third-order valence-electron chi connectivity index (χ3n) is 6.20. The highest BCUT2D eigenvalue weighted by atomic mass is 16.5. The fraction of sp³-hybridized carbons (Fsp3) is 0.591. The zero-order valence-corrected chi connectivity index (χ0v) is 18.0. The van der Waals surface area contributed by atoms with Crippen LogP contribution in [0.2, 0.25) is 0 Å². The number of hydrogen-bond acceptors (Lipinski definition) is 6. The molecule has 1 fully saturated rings. The zero-order valence-electron chi connectivity index (χ0n) is 18.0. The first-order chi connectivity index (χ1) is 14.7. The van der Waals surface area contributed by atoms with Crippen molar-refractivity contribution in [3.05, 3.63) is 29.3 Å². The predicted octanol–water partition coefficient (Wildman–Crippen LogP) is 3.05. The molecule has 0 N–H and O–H groups in total. The fourth-order valence-corrected chi connectivity index (χ4v) is 4.54. The Morgan fingerprint density at radius 3 is 2.27 bits per heavy atom. The number of hydrogen-bond donors (Lipinski definition) is 0. The molecule has 0 unspecified atom stereocenters. The van der Waals surface area contributed by atoms with Crippen molar-refractivity contribution in [2.24, 2.45) is 0 Å². The molecule has 0 aliphatic carbocycles. The molecule has 8 nitrogen and oxygen atoms in total. The van der Waals surface area contributed by atoms with E-state index >= 15 is 0 Å². The number of ether oxygens (including phenoxy) is 3. The van der Waals surface area contributed by atoms with Crippen molar-refractivity contribution in [1.29, 1.82) is 0 Å². The number of amides is 1. The Morgan fingerprint density at radius 2 is 1.63 bits per heavy atom. The van der Waals surface area contributed by atoms with Crippen LogP contribution in [0.3, 0.4) is 0 Å². The number of likely N-dealkylation sites (tertiary alicyclic amines) is 1. The smallest absolute Gasteiger partial charge is 0.254 e. The molecule has 8 heteroatoms. The maximum Gasteiger partial charge on any atom is 0.254 e. The Labute approximate surface area is 177 Å². The average Bonchev–Trinajstić information content (AvgIpc) is 3.05. The molecule has 0 bridgehead atoms. The van der Waals surface area contributed by atoms with Gasteiger partial charge in [0, 0.05) is 37.5 Å². The number of methoxy groups -OCH3 is 3. The van der Waals surface area contributed by atoms with Crippen LogP contribution < -0.4 is 14.2 Å². The number of nitrogens with zero attached hydrogens (tertiary/aromatic N) is 4. The molecule has 0 atom stereocenters. The molecule has 2 aliphatic heterocycles. The van der Waals surface area contributed by atoms with E-state index in [4.69, 9.17) is 14.2 Å². The molecule has 1 aromatic heterocycles. The SMILES string of the molecule is COc1cc(C(=O)N2CCC(c3nnc4n3CCCCC4)CC2)cc(OC)c1OC. The first-order valence-corrected chi connectivity index (χ1v) is 10.7. The molecule has 2 aromatic rings. The molecule has 2 aliphatic rings. The number of aromatic nitrogens is 3. The van der Waals surface area contributed by atoms with Gasteiger partial charge in [-0.3, -0.25) is 4.79 Å². The molecule has 0 spiro atoms. The molecule has 1 saturated heterocycles. The van der Waals surface area contributed by atoms with Gasteiger partial charge in [-0.2, -0.15) is 0 Å². The summed E-state index contributed by atoms with van der Waals surface area (Å²) in [7, 11) is 4.66. The molecule has 4 rings (SSSR count). The van der Waals surface area contributed by atoms with Crippen LogP contribution in [-0.2, 0) is 13.0 Å². The third-order valence-corrected chi connectivity index (χ3v) is 6.20. The lowest BCUT2D eigenvalue weighted by Crippen LogP contribution is -2.38. The van der Waals surface area contributed by atoms with Crippen molar-refractivity contribution >= 4 is 5.91 Å². The van der Waals surface area contributed by atoms with Crippen molar-refractivity contribution in [1.82, 2.24) is 19.7 Å². The van der Waals surface area contributed by atoms with Crippen LogP contribution in [0.15, 0.2) is 12.1 Å². The number of piperidine rings is 1. The van der Waals surface area contributed by atoms with Gasteiger partial charge in [-0.15, -0.1) is 10.2 Å². The topological polar surface area (TPSA) is 78.7 Å². The Morgan fingerprint density at radius 1 is 0.933 bits per heavy atom. The van der Waals surface area contributed by atoms with Crippen LogP contribution in [0.4, 0.5) is 0 Å². The lowest BCUT2D eigenvalue weighted by Gasteiger charge is -2.32. The van der Waals surface area contributed by atoms with Gasteiger partial charge in [0.25, 0.3) is 5.91 Å². The Kier molecular flexibility index (Phi) is 6.11. The summed E-state index contributed by atoms with van der Waals surface area (Å²) in [4.78, 5) is 15.0. The summed E-state index contributed by atoms with van der Waals surface area (Å²) in [6.07, 6.45) is 6.45. The van der Waals surface area contributed by atoms with E-state index in [2.05, 4.69) is 14.8 Å². The summed E-state index contributed by atoms with van der Waals surface area (Å²) in [6.45, 7) is 2.41. The number of benzene rings is 1. The van der Waals surface area contributed by atoms with E-state index in [0.29, 0.717) is 41.8 Å². The fourth-order valence-electron chi connectivity index (χ4n) is 4.54. The van der Waals surface area contributed by atoms with Gasteiger partial charge >= 0.3 is 0 Å². The van der Waals surface area contributed by atoms with Gasteiger partial charge in [0.2, 0.25) is 5.75 Å². The molecule has 30 heavy (non-hydrogen) atoms. The van der Waals surface area contributed by atoms with Crippen LogP contribution in [-0.4, -0.2) is 60.0 Å². The summed E-state index contributed by atoms with van der Waals surface area (Å²) in [5, 5.41) is 8.96. The second kappa shape index (κ2) is 8.93. The Hall–Kier alpha value is -2.77. The van der Waals surface area contributed by atoms with Gasteiger partial charge in [0.1, 0.15) is 11.6 Å². The minimum atomic E-state index is -0.0206. The number of rotatable bonds is 5. The van der Waals surface area contributed by atoms with E-state index in [9.17, 15) is 4.79 Å². The number of carbonyl (C=O) groups excluding carboxylic acids is 1. The normalized spacial score (nSPS) is 17.2. The minimum Gasteiger partial charge on any atom is -0.493 e. The number of carbonyl (C=O) groups is 1. The van der Waals surface area contributed by atoms with Crippen LogP contribution in [0, 0.1) is 0 Å². The van der Waals surface area contributed by atoms with Gasteiger partial charge in [0.15, 0.2) is 11.5 Å². The number of fused-ring (bicyclic) bond motifs is 1.